The highest BCUT2D eigenvalue weighted by molar-refractivity contribution is 7.89. The van der Waals surface area contributed by atoms with E-state index in [9.17, 15) is 21.6 Å². The van der Waals surface area contributed by atoms with Crippen LogP contribution >= 0.6 is 0 Å². The normalized spacial score (nSPS) is 24.2. The molecule has 1 N–H and O–H groups in total. The molecule has 1 heterocycles. The third-order valence-corrected chi connectivity index (χ3v) is 5.03. The summed E-state index contributed by atoms with van der Waals surface area (Å²) in [7, 11) is -3.86. The maximum atomic E-state index is 12.6. The minimum Gasteiger partial charge on any atom is -0.406 e. The Morgan fingerprint density at radius 1 is 1.23 bits per heavy atom. The molecule has 0 saturated carbocycles. The van der Waals surface area contributed by atoms with E-state index in [1.165, 1.54) is 16.4 Å². The summed E-state index contributed by atoms with van der Waals surface area (Å²) in [6.07, 6.45) is -4.86. The summed E-state index contributed by atoms with van der Waals surface area (Å²) < 4.78 is 66.9. The lowest BCUT2D eigenvalue weighted by atomic mass is 10.2. The molecular weight excluding hydrogens is 321 g/mol. The highest BCUT2D eigenvalue weighted by Gasteiger charge is 2.33. The molecule has 1 aliphatic rings. The molecule has 2 atom stereocenters. The highest BCUT2D eigenvalue weighted by atomic mass is 32.2. The summed E-state index contributed by atoms with van der Waals surface area (Å²) in [5, 5.41) is 3.20. The molecule has 2 unspecified atom stereocenters. The quantitative estimate of drug-likeness (QED) is 0.915. The molecule has 0 radical (unpaired) electrons. The van der Waals surface area contributed by atoms with Crippen LogP contribution < -0.4 is 10.1 Å². The Balaban J connectivity index is 2.27. The van der Waals surface area contributed by atoms with Crippen molar-refractivity contribution < 1.29 is 26.3 Å². The minimum absolute atomic E-state index is 0.0341. The van der Waals surface area contributed by atoms with E-state index < -0.39 is 22.1 Å². The van der Waals surface area contributed by atoms with Crippen LogP contribution in [-0.4, -0.2) is 44.3 Å². The predicted octanol–water partition coefficient (Wildman–Crippen LogP) is 1.96. The van der Waals surface area contributed by atoms with E-state index >= 15 is 0 Å². The number of ether oxygens (including phenoxy) is 1. The average molecular weight is 338 g/mol. The Kier molecular flexibility index (Phi) is 4.69. The second kappa shape index (κ2) is 6.05. The van der Waals surface area contributed by atoms with Crippen LogP contribution in [0.25, 0.3) is 0 Å². The van der Waals surface area contributed by atoms with Crippen molar-refractivity contribution in [1.82, 2.24) is 9.62 Å². The monoisotopic (exact) mass is 338 g/mol. The van der Waals surface area contributed by atoms with Gasteiger partial charge in [0.25, 0.3) is 0 Å². The molecule has 5 nitrogen and oxygen atoms in total. The number of rotatable bonds is 3. The first-order valence-corrected chi connectivity index (χ1v) is 8.14. The molecule has 2 rings (SSSR count). The lowest BCUT2D eigenvalue weighted by molar-refractivity contribution is -0.274. The fourth-order valence-corrected chi connectivity index (χ4v) is 4.11. The molecule has 124 valence electrons. The van der Waals surface area contributed by atoms with E-state index in [0.29, 0.717) is 0 Å². The van der Waals surface area contributed by atoms with Gasteiger partial charge in [-0.1, -0.05) is 6.07 Å². The first-order chi connectivity index (χ1) is 10.1. The first kappa shape index (κ1) is 17.0. The van der Waals surface area contributed by atoms with Crippen LogP contribution in [0, 0.1) is 0 Å². The Labute approximate surface area is 127 Å². The van der Waals surface area contributed by atoms with Crippen LogP contribution in [0.3, 0.4) is 0 Å². The maximum absolute atomic E-state index is 12.6. The number of sulfonamides is 1. The van der Waals surface area contributed by atoms with E-state index in [1.807, 2.05) is 13.8 Å². The Morgan fingerprint density at radius 3 is 2.36 bits per heavy atom. The standard InChI is InChI=1S/C13H17F3N2O3S/c1-9-7-18(8-10(2)17-9)22(19,20)12-5-3-4-11(6-12)21-13(14,15)16/h3-6,9-10,17H,7-8H2,1-2H3. The van der Waals surface area contributed by atoms with Gasteiger partial charge < -0.3 is 10.1 Å². The van der Waals surface area contributed by atoms with Crippen LogP contribution in [-0.2, 0) is 10.0 Å². The zero-order valence-corrected chi connectivity index (χ0v) is 12.9. The summed E-state index contributed by atoms with van der Waals surface area (Å²) in [6.45, 7) is 4.22. The average Bonchev–Trinajstić information content (AvgIpc) is 2.35. The Morgan fingerprint density at radius 2 is 1.82 bits per heavy atom. The largest absolute Gasteiger partial charge is 0.573 e. The second-order valence-electron chi connectivity index (χ2n) is 5.31. The number of piperazine rings is 1. The third kappa shape index (κ3) is 4.11. The van der Waals surface area contributed by atoms with E-state index in [4.69, 9.17) is 0 Å². The van der Waals surface area contributed by atoms with E-state index in [0.717, 1.165) is 12.1 Å². The summed E-state index contributed by atoms with van der Waals surface area (Å²) in [5.74, 6) is -0.551. The summed E-state index contributed by atoms with van der Waals surface area (Å²) in [4.78, 5) is -0.212. The smallest absolute Gasteiger partial charge is 0.406 e. The third-order valence-electron chi connectivity index (χ3n) is 3.20. The molecule has 1 aromatic rings. The number of nitrogens with one attached hydrogen (secondary N) is 1. The van der Waals surface area contributed by atoms with E-state index in [1.54, 1.807) is 0 Å². The molecule has 0 aliphatic carbocycles. The van der Waals surface area contributed by atoms with Crippen molar-refractivity contribution in [2.24, 2.45) is 0 Å². The lowest BCUT2D eigenvalue weighted by Crippen LogP contribution is -2.55. The number of nitrogens with zero attached hydrogens (tertiary/aromatic N) is 1. The van der Waals surface area contributed by atoms with Gasteiger partial charge in [0, 0.05) is 31.2 Å². The van der Waals surface area contributed by atoms with Crippen molar-refractivity contribution in [2.75, 3.05) is 13.1 Å². The van der Waals surface area contributed by atoms with Gasteiger partial charge in [-0.25, -0.2) is 8.42 Å². The van der Waals surface area contributed by atoms with Crippen LogP contribution in [0.1, 0.15) is 13.8 Å². The van der Waals surface area contributed by atoms with Gasteiger partial charge in [0.15, 0.2) is 0 Å². The molecule has 0 amide bonds. The Hall–Kier alpha value is -1.32. The van der Waals surface area contributed by atoms with Crippen molar-refractivity contribution in [3.05, 3.63) is 24.3 Å². The zero-order valence-electron chi connectivity index (χ0n) is 12.1. The van der Waals surface area contributed by atoms with Crippen LogP contribution in [0.5, 0.6) is 5.75 Å². The first-order valence-electron chi connectivity index (χ1n) is 6.70. The molecule has 0 aromatic heterocycles. The summed E-state index contributed by atoms with van der Waals surface area (Å²) in [5.41, 5.74) is 0. The molecule has 1 aliphatic heterocycles. The van der Waals surface area contributed by atoms with Gasteiger partial charge in [-0.05, 0) is 26.0 Å². The van der Waals surface area contributed by atoms with E-state index in [2.05, 4.69) is 10.1 Å². The minimum atomic E-state index is -4.86. The van der Waals surface area contributed by atoms with Gasteiger partial charge in [0.1, 0.15) is 5.75 Å². The van der Waals surface area contributed by atoms with Crippen LogP contribution in [0.2, 0.25) is 0 Å². The van der Waals surface area contributed by atoms with Gasteiger partial charge in [-0.3, -0.25) is 0 Å². The second-order valence-corrected chi connectivity index (χ2v) is 7.25. The van der Waals surface area contributed by atoms with Crippen LogP contribution in [0.4, 0.5) is 13.2 Å². The SMILES string of the molecule is CC1CN(S(=O)(=O)c2cccc(OC(F)(F)F)c2)CC(C)N1. The van der Waals surface area contributed by atoms with Crippen molar-refractivity contribution in [3.63, 3.8) is 0 Å². The zero-order chi connectivity index (χ0) is 16.5. The van der Waals surface area contributed by atoms with Gasteiger partial charge in [0.05, 0.1) is 4.90 Å². The maximum Gasteiger partial charge on any atom is 0.573 e. The van der Waals surface area contributed by atoms with Gasteiger partial charge in [0.2, 0.25) is 10.0 Å². The molecule has 22 heavy (non-hydrogen) atoms. The fraction of sp³-hybridized carbons (Fsp3) is 0.538. The predicted molar refractivity (Wildman–Crippen MR) is 73.9 cm³/mol. The molecule has 9 heteroatoms. The van der Waals surface area contributed by atoms with Crippen molar-refractivity contribution in [3.8, 4) is 5.75 Å². The topological polar surface area (TPSA) is 58.6 Å². The summed E-state index contributed by atoms with van der Waals surface area (Å²) in [6, 6.07) is 4.37. The molecular formula is C13H17F3N2O3S. The Bertz CT molecular complexity index is 624. The summed E-state index contributed by atoms with van der Waals surface area (Å²) >= 11 is 0. The highest BCUT2D eigenvalue weighted by Crippen LogP contribution is 2.27. The number of hydrogen-bond donors (Lipinski definition) is 1. The van der Waals surface area contributed by atoms with Gasteiger partial charge in [-0.2, -0.15) is 4.31 Å². The molecule has 0 spiro atoms. The number of benzene rings is 1. The van der Waals surface area contributed by atoms with Gasteiger partial charge in [-0.15, -0.1) is 13.2 Å². The lowest BCUT2D eigenvalue weighted by Gasteiger charge is -2.35. The molecule has 0 bridgehead atoms. The molecule has 1 fully saturated rings. The number of hydrogen-bond acceptors (Lipinski definition) is 4. The van der Waals surface area contributed by atoms with Crippen molar-refractivity contribution in [2.45, 2.75) is 37.2 Å². The molecule has 1 saturated heterocycles. The van der Waals surface area contributed by atoms with Crippen LogP contribution in [0.15, 0.2) is 29.2 Å². The van der Waals surface area contributed by atoms with Gasteiger partial charge >= 0.3 is 6.36 Å². The van der Waals surface area contributed by atoms with E-state index in [-0.39, 0.29) is 30.1 Å². The van der Waals surface area contributed by atoms with Crippen molar-refractivity contribution in [1.29, 1.82) is 0 Å². The number of alkyl halides is 3. The van der Waals surface area contributed by atoms with Crippen molar-refractivity contribution >= 4 is 10.0 Å². The fourth-order valence-electron chi connectivity index (χ4n) is 2.45. The number of halogens is 3. The molecule has 1 aromatic carbocycles.